The molecule has 4 saturated carbocycles. The number of hydrogen-bond acceptors (Lipinski definition) is 2. The quantitative estimate of drug-likeness (QED) is 0.388. The van der Waals surface area contributed by atoms with Crippen LogP contribution in [-0.2, 0) is 15.5 Å². The van der Waals surface area contributed by atoms with E-state index >= 15 is 0 Å². The van der Waals surface area contributed by atoms with E-state index in [4.69, 9.17) is 4.18 Å². The minimum atomic E-state index is -2.16. The topological polar surface area (TPSA) is 46.5 Å². The molecule has 3 nitrogen and oxygen atoms in total. The third-order valence-electron chi connectivity index (χ3n) is 11.5. The predicted molar refractivity (Wildman–Crippen MR) is 133 cm³/mol. The van der Waals surface area contributed by atoms with Gasteiger partial charge in [0.05, 0.1) is 6.10 Å². The minimum Gasteiger partial charge on any atom is -0.284 e. The van der Waals surface area contributed by atoms with Crippen LogP contribution in [0.5, 0.6) is 0 Å². The molecule has 4 aliphatic carbocycles. The molecule has 0 aromatic carbocycles. The minimum absolute atomic E-state index is 0.118. The Kier molecular flexibility index (Phi) is 7.56. The zero-order valence-electron chi connectivity index (χ0n) is 21.6. The zero-order valence-corrected chi connectivity index (χ0v) is 22.5. The molecule has 0 amide bonds. The van der Waals surface area contributed by atoms with Crippen LogP contribution in [0.15, 0.2) is 0 Å². The molecule has 0 aromatic heterocycles. The lowest BCUT2D eigenvalue weighted by molar-refractivity contribution is -0.120. The summed E-state index contributed by atoms with van der Waals surface area (Å²) >= 11 is -2.16. The Morgan fingerprint density at radius 3 is 2.31 bits per heavy atom. The highest BCUT2D eigenvalue weighted by Gasteiger charge is 2.60. The molecular formula is C28H50O3S. The third kappa shape index (κ3) is 4.51. The van der Waals surface area contributed by atoms with E-state index in [1.54, 1.807) is 0 Å². The van der Waals surface area contributed by atoms with E-state index in [0.29, 0.717) is 16.7 Å². The first-order chi connectivity index (χ1) is 15.1. The van der Waals surface area contributed by atoms with E-state index in [1.165, 1.54) is 57.8 Å². The fraction of sp³-hybridized carbons (Fsp3) is 1.00. The SMILES string of the molecule is CC1CCC2(C)C(CCC3C2CCC2(C)C3CCC2[C@H](C)CCC(OS(=O)O)C(C)C)C1. The van der Waals surface area contributed by atoms with Gasteiger partial charge in [-0.25, -0.2) is 0 Å². The lowest BCUT2D eigenvalue weighted by Gasteiger charge is -2.61. The second-order valence-corrected chi connectivity index (χ2v) is 14.0. The van der Waals surface area contributed by atoms with Crippen molar-refractivity contribution in [2.24, 2.45) is 58.2 Å². The van der Waals surface area contributed by atoms with Crippen LogP contribution in [0.1, 0.15) is 112 Å². The molecule has 1 N–H and O–H groups in total. The maximum Gasteiger partial charge on any atom is 0.302 e. The van der Waals surface area contributed by atoms with Crippen LogP contribution < -0.4 is 0 Å². The molecule has 0 heterocycles. The fourth-order valence-corrected chi connectivity index (χ4v) is 10.2. The molecule has 0 spiro atoms. The summed E-state index contributed by atoms with van der Waals surface area (Å²) in [6, 6.07) is 0. The highest BCUT2D eigenvalue weighted by Crippen LogP contribution is 2.68. The van der Waals surface area contributed by atoms with E-state index in [-0.39, 0.29) is 12.0 Å². The second kappa shape index (κ2) is 9.61. The molecule has 0 aromatic rings. The first kappa shape index (κ1) is 25.2. The van der Waals surface area contributed by atoms with Gasteiger partial charge in [0.1, 0.15) is 0 Å². The van der Waals surface area contributed by atoms with Crippen molar-refractivity contribution in [3.8, 4) is 0 Å². The molecule has 4 heteroatoms. The van der Waals surface area contributed by atoms with Crippen LogP contribution in [-0.4, -0.2) is 14.9 Å². The highest BCUT2D eigenvalue weighted by atomic mass is 32.2. The predicted octanol–water partition coefficient (Wildman–Crippen LogP) is 7.88. The molecule has 0 saturated heterocycles. The van der Waals surface area contributed by atoms with E-state index in [2.05, 4.69) is 41.5 Å². The van der Waals surface area contributed by atoms with Crippen molar-refractivity contribution >= 4 is 11.4 Å². The first-order valence-electron chi connectivity index (χ1n) is 13.8. The largest absolute Gasteiger partial charge is 0.302 e. The third-order valence-corrected chi connectivity index (χ3v) is 12.0. The average Bonchev–Trinajstić information content (AvgIpc) is 3.08. The van der Waals surface area contributed by atoms with Crippen molar-refractivity contribution in [2.45, 2.75) is 118 Å². The molecule has 186 valence electrons. The monoisotopic (exact) mass is 466 g/mol. The summed E-state index contributed by atoms with van der Waals surface area (Å²) in [5.74, 6) is 6.53. The molecule has 0 radical (unpaired) electrons. The lowest BCUT2D eigenvalue weighted by atomic mass is 9.44. The van der Waals surface area contributed by atoms with Gasteiger partial charge in [-0.3, -0.25) is 8.74 Å². The summed E-state index contributed by atoms with van der Waals surface area (Å²) in [5.41, 5.74) is 1.11. The van der Waals surface area contributed by atoms with Gasteiger partial charge in [-0.15, -0.1) is 0 Å². The Labute approximate surface area is 200 Å². The summed E-state index contributed by atoms with van der Waals surface area (Å²) < 4.78 is 25.8. The van der Waals surface area contributed by atoms with Gasteiger partial charge in [0.15, 0.2) is 0 Å². The molecule has 11 atom stereocenters. The number of fused-ring (bicyclic) bond motifs is 5. The van der Waals surface area contributed by atoms with Crippen molar-refractivity contribution < 1.29 is 12.9 Å². The summed E-state index contributed by atoms with van der Waals surface area (Å²) in [5, 5.41) is 0. The zero-order chi connectivity index (χ0) is 23.3. The molecule has 10 unspecified atom stereocenters. The number of hydrogen-bond donors (Lipinski definition) is 1. The summed E-state index contributed by atoms with van der Waals surface area (Å²) in [7, 11) is 0. The average molecular weight is 467 g/mol. The van der Waals surface area contributed by atoms with E-state index in [1.807, 2.05) is 0 Å². The normalized spacial score (nSPS) is 46.8. The van der Waals surface area contributed by atoms with Gasteiger partial charge in [-0.05, 0) is 122 Å². The Balaban J connectivity index is 1.43. The van der Waals surface area contributed by atoms with Crippen LogP contribution in [0.25, 0.3) is 0 Å². The maximum absolute atomic E-state index is 11.2. The molecule has 32 heavy (non-hydrogen) atoms. The van der Waals surface area contributed by atoms with E-state index in [0.717, 1.165) is 48.3 Å². The summed E-state index contributed by atoms with van der Waals surface area (Å²) in [6.45, 7) is 14.5. The van der Waals surface area contributed by atoms with Gasteiger partial charge in [0.2, 0.25) is 0 Å². The molecule has 0 bridgehead atoms. The standard InChI is InChI=1S/C28H50O3S/c1-18(2)26(31-32(29)30)12-7-20(4)23-10-11-24-22-9-8-21-17-19(3)13-15-27(21,5)25(22)14-16-28(23,24)6/h18-26H,7-17H2,1-6H3,(H,29,30)/t19?,20-,21?,22?,23?,24?,25?,26?,27?,28?/m1/s1. The molecule has 4 aliphatic rings. The van der Waals surface area contributed by atoms with Crippen LogP contribution in [0.3, 0.4) is 0 Å². The molecule has 0 aliphatic heterocycles. The summed E-state index contributed by atoms with van der Waals surface area (Å²) in [6.07, 6.45) is 15.0. The fourth-order valence-electron chi connectivity index (χ4n) is 9.67. The van der Waals surface area contributed by atoms with Crippen LogP contribution in [0.4, 0.5) is 0 Å². The highest BCUT2D eigenvalue weighted by molar-refractivity contribution is 7.74. The molecule has 4 rings (SSSR count). The Bertz CT molecular complexity index is 680. The second-order valence-electron chi connectivity index (χ2n) is 13.4. The Morgan fingerprint density at radius 2 is 1.62 bits per heavy atom. The van der Waals surface area contributed by atoms with Crippen LogP contribution >= 0.6 is 0 Å². The van der Waals surface area contributed by atoms with E-state index in [9.17, 15) is 8.76 Å². The summed E-state index contributed by atoms with van der Waals surface area (Å²) in [4.78, 5) is 0. The van der Waals surface area contributed by atoms with Gasteiger partial charge in [0, 0.05) is 0 Å². The first-order valence-corrected chi connectivity index (χ1v) is 14.9. The van der Waals surface area contributed by atoms with Crippen LogP contribution in [0, 0.1) is 58.2 Å². The van der Waals surface area contributed by atoms with Gasteiger partial charge in [-0.1, -0.05) is 48.0 Å². The van der Waals surface area contributed by atoms with Gasteiger partial charge in [-0.2, -0.15) is 4.21 Å². The lowest BCUT2D eigenvalue weighted by Crippen LogP contribution is -2.53. The van der Waals surface area contributed by atoms with Crippen LogP contribution in [0.2, 0.25) is 0 Å². The maximum atomic E-state index is 11.2. The molecule has 4 fully saturated rings. The number of rotatable bonds is 7. The smallest absolute Gasteiger partial charge is 0.284 e. The molecular weight excluding hydrogens is 416 g/mol. The van der Waals surface area contributed by atoms with Gasteiger partial charge >= 0.3 is 11.4 Å². The van der Waals surface area contributed by atoms with E-state index < -0.39 is 11.4 Å². The van der Waals surface area contributed by atoms with Gasteiger partial charge in [0.25, 0.3) is 0 Å². The Morgan fingerprint density at radius 1 is 0.938 bits per heavy atom. The van der Waals surface area contributed by atoms with Crippen molar-refractivity contribution in [3.63, 3.8) is 0 Å². The Hall–Kier alpha value is 0.0700. The van der Waals surface area contributed by atoms with Crippen molar-refractivity contribution in [1.29, 1.82) is 0 Å². The van der Waals surface area contributed by atoms with Gasteiger partial charge < -0.3 is 0 Å². The van der Waals surface area contributed by atoms with Crippen molar-refractivity contribution in [1.82, 2.24) is 0 Å². The van der Waals surface area contributed by atoms with Crippen molar-refractivity contribution in [3.05, 3.63) is 0 Å². The van der Waals surface area contributed by atoms with Crippen molar-refractivity contribution in [2.75, 3.05) is 0 Å².